The Hall–Kier alpha value is -1.40. The molecule has 3 aliphatic rings. The summed E-state index contributed by atoms with van der Waals surface area (Å²) >= 11 is 1.54. The van der Waals surface area contributed by atoms with Gasteiger partial charge in [-0.3, -0.25) is 0 Å². The van der Waals surface area contributed by atoms with Crippen LogP contribution in [0, 0.1) is 5.92 Å². The third-order valence-corrected chi connectivity index (χ3v) is 7.39. The second kappa shape index (κ2) is 10.3. The van der Waals surface area contributed by atoms with E-state index < -0.39 is 55.2 Å². The Morgan fingerprint density at radius 1 is 1.09 bits per heavy atom. The summed E-state index contributed by atoms with van der Waals surface area (Å²) in [5.41, 5.74) is 8.76. The van der Waals surface area contributed by atoms with Crippen LogP contribution in [0.25, 0.3) is 10.4 Å². The first-order chi connectivity index (χ1) is 15.4. The van der Waals surface area contributed by atoms with Crippen LogP contribution in [0.1, 0.15) is 20.8 Å². The van der Waals surface area contributed by atoms with E-state index >= 15 is 0 Å². The lowest BCUT2D eigenvalue weighted by Gasteiger charge is -2.49. The molecule has 2 N–H and O–H groups in total. The lowest BCUT2D eigenvalue weighted by atomic mass is 9.93. The zero-order chi connectivity index (χ0) is 22.8. The Morgan fingerprint density at radius 3 is 2.56 bits per heavy atom. The van der Waals surface area contributed by atoms with Gasteiger partial charge in [-0.15, -0.1) is 0 Å². The van der Waals surface area contributed by atoms with E-state index in [9.17, 15) is 10.2 Å². The minimum atomic E-state index is -1.14. The van der Waals surface area contributed by atoms with Gasteiger partial charge < -0.3 is 33.9 Å². The summed E-state index contributed by atoms with van der Waals surface area (Å²) < 4.78 is 29.3. The molecule has 0 radical (unpaired) electrons. The number of aliphatic hydroxyl groups is 2. The lowest BCUT2D eigenvalue weighted by molar-refractivity contribution is -0.351. The van der Waals surface area contributed by atoms with Gasteiger partial charge in [0.05, 0.1) is 24.9 Å². The van der Waals surface area contributed by atoms with E-state index in [1.54, 1.807) is 18.7 Å². The van der Waals surface area contributed by atoms with Gasteiger partial charge in [0.25, 0.3) is 0 Å². The highest BCUT2D eigenvalue weighted by atomic mass is 32.2. The molecule has 0 aromatic heterocycles. The number of rotatable bonds is 5. The Morgan fingerprint density at radius 2 is 1.84 bits per heavy atom. The summed E-state index contributed by atoms with van der Waals surface area (Å²) in [6.45, 7) is 5.64. The van der Waals surface area contributed by atoms with E-state index in [2.05, 4.69) is 10.0 Å². The number of azide groups is 1. The Balaban J connectivity index is 1.46. The first-order valence-electron chi connectivity index (χ1n) is 10.7. The summed E-state index contributed by atoms with van der Waals surface area (Å²) in [7, 11) is 0. The topological polar surface area (TPSA) is 135 Å². The molecule has 0 saturated carbocycles. The predicted octanol–water partition coefficient (Wildman–Crippen LogP) is 2.43. The molecule has 3 saturated heterocycles. The van der Waals surface area contributed by atoms with Gasteiger partial charge >= 0.3 is 0 Å². The minimum absolute atomic E-state index is 0.206. The predicted molar refractivity (Wildman–Crippen MR) is 115 cm³/mol. The molecule has 10 nitrogen and oxygen atoms in total. The third kappa shape index (κ3) is 4.91. The van der Waals surface area contributed by atoms with Crippen LogP contribution in [0.2, 0.25) is 0 Å². The molecule has 3 heterocycles. The third-order valence-electron chi connectivity index (χ3n) is 6.07. The van der Waals surface area contributed by atoms with Crippen molar-refractivity contribution >= 4 is 11.8 Å². The standard InChI is InChI=1S/C21H29N3O7S/c1-10-16(25)18(11(2)28-21(10)32-13-7-5-4-6-8-13)31-20-15(23-24-22)17(26)19-14(30-20)9-27-12(3)29-19/h4-8,10-12,14-21,25-26H,9H2,1-3H3/t10?,11?,12?,14?,15?,16-,17+,18+,19+,20+,21-/m0/s1. The lowest BCUT2D eigenvalue weighted by Crippen LogP contribution is -2.64. The maximum atomic E-state index is 11.0. The van der Waals surface area contributed by atoms with Gasteiger partial charge in [0.2, 0.25) is 0 Å². The quantitative estimate of drug-likeness (QED) is 0.383. The summed E-state index contributed by atoms with van der Waals surface area (Å²) in [5.74, 6) is -0.247. The first-order valence-corrected chi connectivity index (χ1v) is 11.6. The highest BCUT2D eigenvalue weighted by Crippen LogP contribution is 2.39. The molecular weight excluding hydrogens is 438 g/mol. The van der Waals surface area contributed by atoms with Crippen molar-refractivity contribution in [1.82, 2.24) is 0 Å². The SMILES string of the molecule is CC1OCC2O[C@H](O[C@@H]3C(C)O[C@@H](Sc4ccccc4)C(C)[C@@H]3O)C(N=[N+]=[N-])[C@@H](O)[C@@H]2O1. The van der Waals surface area contributed by atoms with Crippen LogP contribution in [-0.4, -0.2) is 77.5 Å². The number of benzene rings is 1. The molecule has 11 atom stereocenters. The van der Waals surface area contributed by atoms with Crippen LogP contribution < -0.4 is 0 Å². The maximum absolute atomic E-state index is 11.0. The molecule has 0 spiro atoms. The van der Waals surface area contributed by atoms with Gasteiger partial charge in [0.1, 0.15) is 29.8 Å². The van der Waals surface area contributed by atoms with Crippen LogP contribution in [-0.2, 0) is 23.7 Å². The number of thioether (sulfide) groups is 1. The number of fused-ring (bicyclic) bond motifs is 1. The molecular formula is C21H29N3O7S. The van der Waals surface area contributed by atoms with Gasteiger partial charge in [0.15, 0.2) is 12.6 Å². The maximum Gasteiger partial charge on any atom is 0.169 e. The van der Waals surface area contributed by atoms with Crippen molar-refractivity contribution in [3.05, 3.63) is 40.8 Å². The highest BCUT2D eigenvalue weighted by Gasteiger charge is 2.51. The molecule has 0 aliphatic carbocycles. The molecule has 3 aliphatic heterocycles. The van der Waals surface area contributed by atoms with Crippen molar-refractivity contribution in [2.75, 3.05) is 6.61 Å². The van der Waals surface area contributed by atoms with Gasteiger partial charge in [-0.25, -0.2) is 0 Å². The van der Waals surface area contributed by atoms with Crippen molar-refractivity contribution in [2.24, 2.45) is 11.0 Å². The molecule has 5 unspecified atom stereocenters. The second-order valence-electron chi connectivity index (χ2n) is 8.32. The van der Waals surface area contributed by atoms with E-state index in [0.29, 0.717) is 0 Å². The molecule has 1 aromatic rings. The van der Waals surface area contributed by atoms with Crippen LogP contribution in [0.5, 0.6) is 0 Å². The van der Waals surface area contributed by atoms with Crippen molar-refractivity contribution in [2.45, 2.75) is 86.3 Å². The van der Waals surface area contributed by atoms with Crippen LogP contribution in [0.4, 0.5) is 0 Å². The van der Waals surface area contributed by atoms with Crippen molar-refractivity contribution in [1.29, 1.82) is 0 Å². The first kappa shape index (κ1) is 23.7. The van der Waals surface area contributed by atoms with Crippen LogP contribution in [0.15, 0.2) is 40.3 Å². The minimum Gasteiger partial charge on any atom is -0.390 e. The van der Waals surface area contributed by atoms with E-state index in [1.807, 2.05) is 44.2 Å². The molecule has 176 valence electrons. The average molecular weight is 468 g/mol. The van der Waals surface area contributed by atoms with Gasteiger partial charge in [-0.05, 0) is 31.5 Å². The number of aliphatic hydroxyl groups excluding tert-OH is 2. The van der Waals surface area contributed by atoms with Crippen LogP contribution >= 0.6 is 11.8 Å². The molecule has 4 rings (SSSR count). The average Bonchev–Trinajstić information content (AvgIpc) is 2.78. The fraction of sp³-hybridized carbons (Fsp3) is 0.714. The summed E-state index contributed by atoms with van der Waals surface area (Å²) in [4.78, 5) is 3.89. The van der Waals surface area contributed by atoms with Gasteiger partial charge in [-0.1, -0.05) is 42.0 Å². The number of hydrogen-bond acceptors (Lipinski definition) is 9. The molecule has 3 fully saturated rings. The summed E-state index contributed by atoms with van der Waals surface area (Å²) in [5, 5.41) is 25.5. The van der Waals surface area contributed by atoms with E-state index in [1.165, 1.54) is 0 Å². The monoisotopic (exact) mass is 467 g/mol. The zero-order valence-corrected chi connectivity index (χ0v) is 18.9. The molecule has 0 bridgehead atoms. The number of hydrogen-bond donors (Lipinski definition) is 2. The fourth-order valence-corrected chi connectivity index (χ4v) is 5.45. The van der Waals surface area contributed by atoms with E-state index in [-0.39, 0.29) is 18.0 Å². The van der Waals surface area contributed by atoms with Crippen molar-refractivity contribution in [3.8, 4) is 0 Å². The molecule has 0 amide bonds. The Labute approximate surface area is 190 Å². The largest absolute Gasteiger partial charge is 0.390 e. The van der Waals surface area contributed by atoms with Crippen molar-refractivity contribution < 1.29 is 33.9 Å². The summed E-state index contributed by atoms with van der Waals surface area (Å²) in [6, 6.07) is 8.80. The van der Waals surface area contributed by atoms with E-state index in [0.717, 1.165) is 4.90 Å². The molecule has 32 heavy (non-hydrogen) atoms. The molecule has 11 heteroatoms. The van der Waals surface area contributed by atoms with Gasteiger partial charge in [-0.2, -0.15) is 0 Å². The second-order valence-corrected chi connectivity index (χ2v) is 9.49. The fourth-order valence-electron chi connectivity index (χ4n) is 4.26. The smallest absolute Gasteiger partial charge is 0.169 e. The normalized spacial score (nSPS) is 44.3. The Kier molecular flexibility index (Phi) is 7.61. The molecule has 1 aromatic carbocycles. The van der Waals surface area contributed by atoms with Gasteiger partial charge in [0, 0.05) is 15.7 Å². The number of nitrogens with zero attached hydrogens (tertiary/aromatic N) is 3. The number of ether oxygens (including phenoxy) is 5. The zero-order valence-electron chi connectivity index (χ0n) is 18.1. The van der Waals surface area contributed by atoms with Crippen LogP contribution in [0.3, 0.4) is 0 Å². The Bertz CT molecular complexity index is 814. The van der Waals surface area contributed by atoms with E-state index in [4.69, 9.17) is 29.2 Å². The highest BCUT2D eigenvalue weighted by molar-refractivity contribution is 7.99. The summed E-state index contributed by atoms with van der Waals surface area (Å²) in [6.07, 6.45) is -6.10. The van der Waals surface area contributed by atoms with Crippen molar-refractivity contribution in [3.63, 3.8) is 0 Å².